The van der Waals surface area contributed by atoms with Gasteiger partial charge in [0.2, 0.25) is 0 Å². The molecule has 28 heavy (non-hydrogen) atoms. The van der Waals surface area contributed by atoms with E-state index in [1.807, 2.05) is 72.8 Å². The van der Waals surface area contributed by atoms with Crippen molar-refractivity contribution >= 4 is 79.8 Å². The highest BCUT2D eigenvalue weighted by atomic mass is 32.9. The summed E-state index contributed by atoms with van der Waals surface area (Å²) in [5, 5.41) is -0.240. The van der Waals surface area contributed by atoms with Crippen molar-refractivity contribution in [3.05, 3.63) is 72.8 Å². The van der Waals surface area contributed by atoms with Crippen molar-refractivity contribution in [1.82, 2.24) is 0 Å². The third-order valence-electron chi connectivity index (χ3n) is 4.39. The van der Waals surface area contributed by atoms with Gasteiger partial charge in [-0.1, -0.05) is 47.9 Å². The van der Waals surface area contributed by atoms with Crippen LogP contribution in [0, 0.1) is 0 Å². The molecule has 0 fully saturated rings. The fourth-order valence-electron chi connectivity index (χ4n) is 2.72. The Morgan fingerprint density at radius 2 is 0.750 bits per heavy atom. The molecule has 3 rings (SSSR count). The lowest BCUT2D eigenvalue weighted by Crippen LogP contribution is -2.16. The number of hydrogen-bond donors (Lipinski definition) is 2. The minimum atomic E-state index is -2.17. The van der Waals surface area contributed by atoms with Crippen LogP contribution in [0.25, 0.3) is 0 Å². The van der Waals surface area contributed by atoms with Crippen LogP contribution in [-0.4, -0.2) is 14.2 Å². The average Bonchev–Trinajstić information content (AvgIpc) is 2.74. The molecular weight excluding hydrogens is 462 g/mol. The van der Waals surface area contributed by atoms with Gasteiger partial charge in [0, 0.05) is 0 Å². The standard InChI is InChI=1S/C20H20O2P2S4/c1-21-15-3-7-17(8-4-15)23(25,26)19-11-13-20(14-12-19)24(27,28)18-9-5-16(22-2)6-10-18/h3-14H,1-2H3,(H,25,26)(H,27,28). The van der Waals surface area contributed by atoms with Crippen molar-refractivity contribution in [2.75, 3.05) is 14.2 Å². The van der Waals surface area contributed by atoms with Gasteiger partial charge in [-0.3, -0.25) is 0 Å². The predicted molar refractivity (Wildman–Crippen MR) is 138 cm³/mol. The molecule has 2 atom stereocenters. The van der Waals surface area contributed by atoms with E-state index >= 15 is 0 Å². The summed E-state index contributed by atoms with van der Waals surface area (Å²) in [5.74, 6) is 1.61. The number of methoxy groups -OCH3 is 2. The molecule has 0 aromatic heterocycles. The molecule has 0 radical (unpaired) electrons. The molecule has 2 nitrogen and oxygen atoms in total. The van der Waals surface area contributed by atoms with E-state index in [1.165, 1.54) is 0 Å². The van der Waals surface area contributed by atoms with E-state index in [0.29, 0.717) is 0 Å². The van der Waals surface area contributed by atoms with Crippen LogP contribution in [0.4, 0.5) is 0 Å². The van der Waals surface area contributed by atoms with Gasteiger partial charge < -0.3 is 9.47 Å². The van der Waals surface area contributed by atoms with Gasteiger partial charge in [-0.05, 0) is 69.7 Å². The van der Waals surface area contributed by atoms with Gasteiger partial charge in [-0.15, -0.1) is 24.5 Å². The summed E-state index contributed by atoms with van der Waals surface area (Å²) in [6, 6.07) is 23.8. The van der Waals surface area contributed by atoms with Gasteiger partial charge in [0.15, 0.2) is 0 Å². The highest BCUT2D eigenvalue weighted by Gasteiger charge is 2.21. The lowest BCUT2D eigenvalue weighted by molar-refractivity contribution is 0.415. The third-order valence-corrected chi connectivity index (χ3v) is 13.7. The molecule has 0 bridgehead atoms. The second-order valence-electron chi connectivity index (χ2n) is 6.06. The van der Waals surface area contributed by atoms with Crippen molar-refractivity contribution in [3.8, 4) is 11.5 Å². The Morgan fingerprint density at radius 1 is 0.536 bits per heavy atom. The third kappa shape index (κ3) is 4.53. The van der Waals surface area contributed by atoms with Gasteiger partial charge in [-0.2, -0.15) is 0 Å². The molecule has 2 unspecified atom stereocenters. The highest BCUT2D eigenvalue weighted by molar-refractivity contribution is 8.68. The van der Waals surface area contributed by atoms with Crippen LogP contribution in [0.15, 0.2) is 72.8 Å². The Balaban J connectivity index is 1.91. The van der Waals surface area contributed by atoms with Gasteiger partial charge >= 0.3 is 0 Å². The van der Waals surface area contributed by atoms with Crippen LogP contribution in [0.1, 0.15) is 0 Å². The Labute approximate surface area is 187 Å². The monoisotopic (exact) mass is 482 g/mol. The van der Waals surface area contributed by atoms with Crippen LogP contribution >= 0.6 is 35.0 Å². The lowest BCUT2D eigenvalue weighted by Gasteiger charge is -2.20. The summed E-state index contributed by atoms with van der Waals surface area (Å²) in [5.41, 5.74) is 0. The Kier molecular flexibility index (Phi) is 7.02. The molecule has 8 heteroatoms. The zero-order valence-electron chi connectivity index (χ0n) is 15.4. The van der Waals surface area contributed by atoms with Crippen LogP contribution < -0.4 is 30.7 Å². The van der Waals surface area contributed by atoms with Crippen molar-refractivity contribution in [3.63, 3.8) is 0 Å². The van der Waals surface area contributed by atoms with Crippen LogP contribution in [-0.2, 0) is 23.6 Å². The second kappa shape index (κ2) is 8.95. The maximum absolute atomic E-state index is 5.90. The summed E-state index contributed by atoms with van der Waals surface area (Å²) in [6.45, 7) is 0. The molecule has 0 saturated carbocycles. The van der Waals surface area contributed by atoms with Gasteiger partial charge in [0.25, 0.3) is 0 Å². The quantitative estimate of drug-likeness (QED) is 0.404. The van der Waals surface area contributed by atoms with Crippen molar-refractivity contribution < 1.29 is 9.47 Å². The first-order chi connectivity index (χ1) is 13.3. The maximum Gasteiger partial charge on any atom is 0.118 e. The number of benzene rings is 3. The average molecular weight is 483 g/mol. The zero-order chi connectivity index (χ0) is 20.4. The molecule has 146 valence electrons. The van der Waals surface area contributed by atoms with E-state index in [1.54, 1.807) is 14.2 Å². The molecule has 3 aromatic rings. The normalized spacial score (nSPS) is 15.3. The van der Waals surface area contributed by atoms with Gasteiger partial charge in [0.05, 0.1) is 24.7 Å². The van der Waals surface area contributed by atoms with Crippen molar-refractivity contribution in [2.24, 2.45) is 0 Å². The van der Waals surface area contributed by atoms with E-state index < -0.39 is 10.5 Å². The van der Waals surface area contributed by atoms with Gasteiger partial charge in [0.1, 0.15) is 11.5 Å². The largest absolute Gasteiger partial charge is 0.497 e. The molecular formula is C20H20O2P2S4. The Hall–Kier alpha value is -0.740. The van der Waals surface area contributed by atoms with Crippen molar-refractivity contribution in [2.45, 2.75) is 0 Å². The SMILES string of the molecule is COc1ccc(P(=S)(S)c2ccc(P(=S)(S)c3ccc(OC)cc3)cc2)cc1. The number of ether oxygens (including phenoxy) is 2. The van der Waals surface area contributed by atoms with Crippen molar-refractivity contribution in [1.29, 1.82) is 0 Å². The molecule has 0 aliphatic carbocycles. The highest BCUT2D eigenvalue weighted by Crippen LogP contribution is 2.51. The minimum Gasteiger partial charge on any atom is -0.497 e. The molecule has 0 saturated heterocycles. The lowest BCUT2D eigenvalue weighted by atomic mass is 10.3. The first-order valence-corrected chi connectivity index (χ1v) is 16.3. The predicted octanol–water partition coefficient (Wildman–Crippen LogP) is 4.25. The van der Waals surface area contributed by atoms with Gasteiger partial charge in [-0.25, -0.2) is 0 Å². The fourth-order valence-corrected chi connectivity index (χ4v) is 8.59. The molecule has 0 aliphatic rings. The first-order valence-electron chi connectivity index (χ1n) is 8.35. The first kappa shape index (κ1) is 22.0. The summed E-state index contributed by atoms with van der Waals surface area (Å²) < 4.78 is 10.5. The maximum atomic E-state index is 5.90. The van der Waals surface area contributed by atoms with Crippen LogP contribution in [0.2, 0.25) is 0 Å². The smallest absolute Gasteiger partial charge is 0.118 e. The van der Waals surface area contributed by atoms with Crippen LogP contribution in [0.3, 0.4) is 0 Å². The Morgan fingerprint density at radius 3 is 0.964 bits per heavy atom. The zero-order valence-corrected chi connectivity index (χ0v) is 20.6. The summed E-state index contributed by atoms with van der Waals surface area (Å²) in [7, 11) is 3.30. The van der Waals surface area contributed by atoms with E-state index in [9.17, 15) is 0 Å². The Bertz CT molecular complexity index is 963. The summed E-state index contributed by atoms with van der Waals surface area (Å²) in [4.78, 5) is 0. The number of hydrogen-bond acceptors (Lipinski definition) is 4. The fraction of sp³-hybridized carbons (Fsp3) is 0.100. The van der Waals surface area contributed by atoms with E-state index in [0.717, 1.165) is 32.7 Å². The minimum absolute atomic E-state index is 0.803. The van der Waals surface area contributed by atoms with E-state index in [-0.39, 0.29) is 0 Å². The second-order valence-corrected chi connectivity index (χ2v) is 18.9. The topological polar surface area (TPSA) is 18.5 Å². The summed E-state index contributed by atoms with van der Waals surface area (Å²) >= 11 is 21.5. The molecule has 3 aromatic carbocycles. The van der Waals surface area contributed by atoms with E-state index in [2.05, 4.69) is 0 Å². The molecule has 0 amide bonds. The summed E-state index contributed by atoms with van der Waals surface area (Å²) in [6.07, 6.45) is 0. The van der Waals surface area contributed by atoms with E-state index in [4.69, 9.17) is 57.6 Å². The molecule has 0 N–H and O–H groups in total. The van der Waals surface area contributed by atoms with Crippen LogP contribution in [0.5, 0.6) is 11.5 Å². The number of thiol groups is 2. The number of rotatable bonds is 6. The molecule has 0 heterocycles. The molecule has 0 spiro atoms. The molecule has 0 aliphatic heterocycles.